The van der Waals surface area contributed by atoms with Gasteiger partial charge in [-0.3, -0.25) is 15.1 Å². The Balaban J connectivity index is 2.32. The van der Waals surface area contributed by atoms with Gasteiger partial charge in [0.2, 0.25) is 0 Å². The molecule has 0 bridgehead atoms. The van der Waals surface area contributed by atoms with Crippen molar-refractivity contribution in [2.45, 2.75) is 13.5 Å². The van der Waals surface area contributed by atoms with Crippen molar-refractivity contribution in [3.05, 3.63) is 58.4 Å². The molecule has 2 rings (SSSR count). The lowest BCUT2D eigenvalue weighted by atomic mass is 10.2. The number of nitro groups is 1. The molecule has 1 N–H and O–H groups in total. The van der Waals surface area contributed by atoms with Crippen LogP contribution in [-0.2, 0) is 6.54 Å². The van der Waals surface area contributed by atoms with Crippen LogP contribution in [0.1, 0.15) is 12.5 Å². The summed E-state index contributed by atoms with van der Waals surface area (Å²) in [6.45, 7) is 3.47. The molecule has 110 valence electrons. The van der Waals surface area contributed by atoms with Crippen LogP contribution in [-0.4, -0.2) is 23.5 Å². The van der Waals surface area contributed by atoms with E-state index in [0.29, 0.717) is 6.54 Å². The van der Waals surface area contributed by atoms with Gasteiger partial charge in [-0.1, -0.05) is 0 Å². The van der Waals surface area contributed by atoms with E-state index in [0.717, 1.165) is 23.5 Å². The Morgan fingerprint density at radius 1 is 1.29 bits per heavy atom. The van der Waals surface area contributed by atoms with E-state index in [2.05, 4.69) is 15.2 Å². The molecule has 0 aliphatic carbocycles. The summed E-state index contributed by atoms with van der Waals surface area (Å²) in [6, 6.07) is 8.94. The van der Waals surface area contributed by atoms with Crippen molar-refractivity contribution >= 4 is 17.1 Å². The molecule has 0 aliphatic rings. The summed E-state index contributed by atoms with van der Waals surface area (Å²) in [6.07, 6.45) is 3.49. The fourth-order valence-electron chi connectivity index (χ4n) is 2.12. The predicted octanol–water partition coefficient (Wildman–Crippen LogP) is 3.06. The Morgan fingerprint density at radius 2 is 2.00 bits per heavy atom. The molecule has 0 aliphatic heterocycles. The van der Waals surface area contributed by atoms with Crippen LogP contribution >= 0.6 is 0 Å². The van der Waals surface area contributed by atoms with Crippen LogP contribution in [0.3, 0.4) is 0 Å². The largest absolute Gasteiger partial charge is 0.388 e. The van der Waals surface area contributed by atoms with Crippen molar-refractivity contribution in [3.8, 4) is 0 Å². The number of hydrogen-bond acceptors (Lipinski definition) is 5. The summed E-state index contributed by atoms with van der Waals surface area (Å²) in [5.74, 6) is 0. The molecule has 0 radical (unpaired) electrons. The molecule has 0 fully saturated rings. The maximum absolute atomic E-state index is 11.0. The van der Waals surface area contributed by atoms with Crippen LogP contribution in [0.5, 0.6) is 0 Å². The monoisotopic (exact) mass is 286 g/mol. The van der Waals surface area contributed by atoms with E-state index in [1.807, 2.05) is 25.1 Å². The lowest BCUT2D eigenvalue weighted by Gasteiger charge is -2.23. The van der Waals surface area contributed by atoms with Gasteiger partial charge in [-0.25, -0.2) is 0 Å². The fraction of sp³-hybridized carbons (Fsp3) is 0.267. The fourth-order valence-corrected chi connectivity index (χ4v) is 2.12. The number of nitrogens with one attached hydrogen (secondary N) is 1. The summed E-state index contributed by atoms with van der Waals surface area (Å²) in [4.78, 5) is 16.8. The molecule has 2 aromatic rings. The van der Waals surface area contributed by atoms with E-state index in [4.69, 9.17) is 0 Å². The number of non-ortho nitro benzene ring substituents is 1. The smallest absolute Gasteiger partial charge is 0.273 e. The summed E-state index contributed by atoms with van der Waals surface area (Å²) >= 11 is 0. The van der Waals surface area contributed by atoms with E-state index < -0.39 is 0 Å². The van der Waals surface area contributed by atoms with E-state index in [-0.39, 0.29) is 10.6 Å². The predicted molar refractivity (Wildman–Crippen MR) is 83.6 cm³/mol. The lowest BCUT2D eigenvalue weighted by molar-refractivity contribution is -0.384. The molecular formula is C15H18N4O2. The van der Waals surface area contributed by atoms with Gasteiger partial charge in [0.25, 0.3) is 5.69 Å². The molecule has 0 saturated heterocycles. The maximum Gasteiger partial charge on any atom is 0.273 e. The minimum absolute atomic E-state index is 0.0880. The van der Waals surface area contributed by atoms with Crippen LogP contribution in [0.2, 0.25) is 0 Å². The van der Waals surface area contributed by atoms with Crippen LogP contribution in [0.15, 0.2) is 42.7 Å². The van der Waals surface area contributed by atoms with Gasteiger partial charge in [-0.15, -0.1) is 0 Å². The van der Waals surface area contributed by atoms with Crippen molar-refractivity contribution in [1.29, 1.82) is 0 Å². The first-order valence-corrected chi connectivity index (χ1v) is 6.75. The zero-order valence-corrected chi connectivity index (χ0v) is 12.1. The number of pyridine rings is 1. The van der Waals surface area contributed by atoms with Crippen LogP contribution in [0.25, 0.3) is 0 Å². The van der Waals surface area contributed by atoms with Crippen LogP contribution in [0.4, 0.5) is 17.1 Å². The second-order valence-electron chi connectivity index (χ2n) is 4.61. The lowest BCUT2D eigenvalue weighted by Crippen LogP contribution is -2.22. The Labute approximate surface area is 123 Å². The van der Waals surface area contributed by atoms with Gasteiger partial charge in [0.15, 0.2) is 0 Å². The molecule has 0 amide bonds. The molecule has 0 unspecified atom stereocenters. The molecule has 0 saturated carbocycles. The SMILES string of the molecule is CCN(Cc1ccncc1)c1cc(NC)cc([N+](=O)[O-])c1. The molecule has 6 heteroatoms. The Bertz CT molecular complexity index is 616. The van der Waals surface area contributed by atoms with Crippen molar-refractivity contribution in [2.24, 2.45) is 0 Å². The van der Waals surface area contributed by atoms with Gasteiger partial charge in [0.1, 0.15) is 0 Å². The Hall–Kier alpha value is -2.63. The molecule has 21 heavy (non-hydrogen) atoms. The Morgan fingerprint density at radius 3 is 2.57 bits per heavy atom. The van der Waals surface area contributed by atoms with Crippen molar-refractivity contribution in [2.75, 3.05) is 23.8 Å². The molecule has 1 aromatic heterocycles. The first-order valence-electron chi connectivity index (χ1n) is 6.75. The summed E-state index contributed by atoms with van der Waals surface area (Å²) in [7, 11) is 1.75. The standard InChI is InChI=1S/C15H18N4O2/c1-3-18(11-12-4-6-17-7-5-12)14-8-13(16-2)9-15(10-14)19(20)21/h4-10,16H,3,11H2,1-2H3. The number of aromatic nitrogens is 1. The van der Waals surface area contributed by atoms with Gasteiger partial charge in [-0.05, 0) is 30.7 Å². The second kappa shape index (κ2) is 6.69. The quantitative estimate of drug-likeness (QED) is 0.652. The number of benzene rings is 1. The van der Waals surface area contributed by atoms with E-state index in [9.17, 15) is 10.1 Å². The molecule has 1 aromatic carbocycles. The van der Waals surface area contributed by atoms with Crippen LogP contribution in [0, 0.1) is 10.1 Å². The third-order valence-electron chi connectivity index (χ3n) is 3.27. The highest BCUT2D eigenvalue weighted by Crippen LogP contribution is 2.27. The number of rotatable bonds is 6. The third-order valence-corrected chi connectivity index (χ3v) is 3.27. The molecule has 1 heterocycles. The van der Waals surface area contributed by atoms with Crippen molar-refractivity contribution < 1.29 is 4.92 Å². The van der Waals surface area contributed by atoms with Gasteiger partial charge in [0, 0.05) is 56.0 Å². The van der Waals surface area contributed by atoms with Gasteiger partial charge < -0.3 is 10.2 Å². The van der Waals surface area contributed by atoms with Gasteiger partial charge >= 0.3 is 0 Å². The van der Waals surface area contributed by atoms with Gasteiger partial charge in [-0.2, -0.15) is 0 Å². The highest BCUT2D eigenvalue weighted by atomic mass is 16.6. The minimum Gasteiger partial charge on any atom is -0.388 e. The normalized spacial score (nSPS) is 10.2. The van der Waals surface area contributed by atoms with Crippen LogP contribution < -0.4 is 10.2 Å². The highest BCUT2D eigenvalue weighted by Gasteiger charge is 2.13. The number of hydrogen-bond donors (Lipinski definition) is 1. The number of nitro benzene ring substituents is 1. The first-order chi connectivity index (χ1) is 10.1. The van der Waals surface area contributed by atoms with E-state index in [1.54, 1.807) is 25.5 Å². The highest BCUT2D eigenvalue weighted by molar-refractivity contribution is 5.64. The number of nitrogens with zero attached hydrogens (tertiary/aromatic N) is 3. The van der Waals surface area contributed by atoms with Crippen molar-refractivity contribution in [1.82, 2.24) is 4.98 Å². The molecule has 0 spiro atoms. The molecule has 0 atom stereocenters. The zero-order valence-electron chi connectivity index (χ0n) is 12.1. The third kappa shape index (κ3) is 3.68. The van der Waals surface area contributed by atoms with E-state index in [1.165, 1.54) is 6.07 Å². The maximum atomic E-state index is 11.0. The Kier molecular flexibility index (Phi) is 4.71. The van der Waals surface area contributed by atoms with Crippen molar-refractivity contribution in [3.63, 3.8) is 0 Å². The summed E-state index contributed by atoms with van der Waals surface area (Å²) < 4.78 is 0. The van der Waals surface area contributed by atoms with Gasteiger partial charge in [0.05, 0.1) is 4.92 Å². The molecule has 6 nitrogen and oxygen atoms in total. The average molecular weight is 286 g/mol. The average Bonchev–Trinajstić information content (AvgIpc) is 2.53. The summed E-state index contributed by atoms with van der Waals surface area (Å²) in [5, 5.41) is 14.0. The topological polar surface area (TPSA) is 71.3 Å². The zero-order chi connectivity index (χ0) is 15.2. The molecular weight excluding hydrogens is 268 g/mol. The first kappa shape index (κ1) is 14.8. The summed E-state index contributed by atoms with van der Waals surface area (Å²) in [5.41, 5.74) is 2.76. The van der Waals surface area contributed by atoms with E-state index >= 15 is 0 Å². The number of anilines is 2. The minimum atomic E-state index is -0.370. The second-order valence-corrected chi connectivity index (χ2v) is 4.61.